The maximum atomic E-state index is 13.2. The molecule has 1 aliphatic carbocycles. The highest BCUT2D eigenvalue weighted by molar-refractivity contribution is 6.10. The summed E-state index contributed by atoms with van der Waals surface area (Å²) in [7, 11) is 1.75. The zero-order chi connectivity index (χ0) is 17.7. The van der Waals surface area contributed by atoms with Crippen LogP contribution >= 0.6 is 0 Å². The molecule has 2 aliphatic rings. The second-order valence-corrected chi connectivity index (χ2v) is 6.94. The molecule has 6 nitrogen and oxygen atoms in total. The standard InChI is InChI=1S/C19H21N3O3/c1-11-10-22(15-7-5-4-6-14(15)21(3)18(11)23)19(24)16-12(2)20-17(25-16)13-8-9-13/h4-7,11,13H,8-10H2,1-3H3. The van der Waals surface area contributed by atoms with Gasteiger partial charge >= 0.3 is 0 Å². The molecule has 2 aromatic rings. The van der Waals surface area contributed by atoms with Gasteiger partial charge in [-0.15, -0.1) is 0 Å². The summed E-state index contributed by atoms with van der Waals surface area (Å²) in [6, 6.07) is 7.46. The van der Waals surface area contributed by atoms with Crippen LogP contribution in [-0.2, 0) is 4.79 Å². The molecule has 1 aromatic carbocycles. The lowest BCUT2D eigenvalue weighted by molar-refractivity contribution is -0.121. The SMILES string of the molecule is Cc1nc(C2CC2)oc1C(=O)N1CC(C)C(=O)N(C)c2ccccc21. The minimum atomic E-state index is -0.299. The Morgan fingerprint density at radius 2 is 1.92 bits per heavy atom. The number of carbonyl (C=O) groups is 2. The van der Waals surface area contributed by atoms with Gasteiger partial charge in [-0.25, -0.2) is 4.98 Å². The molecular formula is C19H21N3O3. The van der Waals surface area contributed by atoms with E-state index in [9.17, 15) is 9.59 Å². The van der Waals surface area contributed by atoms with Gasteiger partial charge in [0.15, 0.2) is 5.89 Å². The van der Waals surface area contributed by atoms with Crippen molar-refractivity contribution in [3.05, 3.63) is 41.6 Å². The van der Waals surface area contributed by atoms with Gasteiger partial charge in [0.2, 0.25) is 11.7 Å². The molecule has 1 unspecified atom stereocenters. The Kier molecular flexibility index (Phi) is 3.63. The topological polar surface area (TPSA) is 66.7 Å². The van der Waals surface area contributed by atoms with Crippen LogP contribution in [0.5, 0.6) is 0 Å². The molecule has 25 heavy (non-hydrogen) atoms. The third-order valence-electron chi connectivity index (χ3n) is 4.92. The summed E-state index contributed by atoms with van der Waals surface area (Å²) in [5.74, 6) is 0.747. The van der Waals surface area contributed by atoms with Crippen LogP contribution in [0.25, 0.3) is 0 Å². The van der Waals surface area contributed by atoms with Crippen LogP contribution in [-0.4, -0.2) is 30.4 Å². The molecule has 1 saturated carbocycles. The molecule has 1 atom stereocenters. The maximum absolute atomic E-state index is 13.2. The third-order valence-corrected chi connectivity index (χ3v) is 4.92. The summed E-state index contributed by atoms with van der Waals surface area (Å²) in [5, 5.41) is 0. The molecule has 1 aliphatic heterocycles. The quantitative estimate of drug-likeness (QED) is 0.843. The Labute approximate surface area is 146 Å². The molecule has 0 saturated heterocycles. The number of carbonyl (C=O) groups excluding carboxylic acids is 2. The van der Waals surface area contributed by atoms with Crippen molar-refractivity contribution in [2.45, 2.75) is 32.6 Å². The lowest BCUT2D eigenvalue weighted by Crippen LogP contribution is -2.37. The highest BCUT2D eigenvalue weighted by Gasteiger charge is 2.36. The minimum absolute atomic E-state index is 0.00397. The van der Waals surface area contributed by atoms with Crippen molar-refractivity contribution < 1.29 is 14.0 Å². The van der Waals surface area contributed by atoms with E-state index in [1.165, 1.54) is 0 Å². The summed E-state index contributed by atoms with van der Waals surface area (Å²) in [5.41, 5.74) is 2.06. The fourth-order valence-corrected chi connectivity index (χ4v) is 3.31. The number of anilines is 2. The molecular weight excluding hydrogens is 318 g/mol. The summed E-state index contributed by atoms with van der Waals surface area (Å²) in [6.07, 6.45) is 2.13. The van der Waals surface area contributed by atoms with Gasteiger partial charge < -0.3 is 14.2 Å². The van der Waals surface area contributed by atoms with E-state index in [4.69, 9.17) is 4.42 Å². The number of hydrogen-bond acceptors (Lipinski definition) is 4. The van der Waals surface area contributed by atoms with Gasteiger partial charge in [-0.1, -0.05) is 19.1 Å². The summed E-state index contributed by atoms with van der Waals surface area (Å²) >= 11 is 0. The van der Waals surface area contributed by atoms with E-state index >= 15 is 0 Å². The van der Waals surface area contributed by atoms with E-state index < -0.39 is 0 Å². The average molecular weight is 339 g/mol. The molecule has 0 radical (unpaired) electrons. The fourth-order valence-electron chi connectivity index (χ4n) is 3.31. The Hall–Kier alpha value is -2.63. The second-order valence-electron chi connectivity index (χ2n) is 6.94. The lowest BCUT2D eigenvalue weighted by atomic mass is 10.1. The van der Waals surface area contributed by atoms with Crippen molar-refractivity contribution in [2.24, 2.45) is 5.92 Å². The molecule has 6 heteroatoms. The number of oxazole rings is 1. The smallest absolute Gasteiger partial charge is 0.296 e. The molecule has 0 bridgehead atoms. The van der Waals surface area contributed by atoms with Crippen LogP contribution < -0.4 is 9.80 Å². The molecule has 4 rings (SSSR count). The third kappa shape index (κ3) is 2.62. The van der Waals surface area contributed by atoms with Crippen LogP contribution in [0.3, 0.4) is 0 Å². The average Bonchev–Trinajstić information content (AvgIpc) is 3.40. The number of hydrogen-bond donors (Lipinski definition) is 0. The van der Waals surface area contributed by atoms with Gasteiger partial charge in [0.05, 0.1) is 23.0 Å². The van der Waals surface area contributed by atoms with Crippen LogP contribution in [0.15, 0.2) is 28.7 Å². The van der Waals surface area contributed by atoms with Gasteiger partial charge in [-0.2, -0.15) is 0 Å². The van der Waals surface area contributed by atoms with Crippen molar-refractivity contribution in [1.82, 2.24) is 4.98 Å². The molecule has 1 aromatic heterocycles. The summed E-state index contributed by atoms with van der Waals surface area (Å²) < 4.78 is 5.80. The first-order valence-electron chi connectivity index (χ1n) is 8.63. The molecule has 1 fully saturated rings. The normalized spacial score (nSPS) is 20.4. The number of benzene rings is 1. The number of rotatable bonds is 2. The number of fused-ring (bicyclic) bond motifs is 1. The van der Waals surface area contributed by atoms with Crippen molar-refractivity contribution >= 4 is 23.2 Å². The Bertz CT molecular complexity index is 853. The first kappa shape index (κ1) is 15.9. The Morgan fingerprint density at radius 1 is 1.24 bits per heavy atom. The van der Waals surface area contributed by atoms with Crippen molar-refractivity contribution in [2.75, 3.05) is 23.4 Å². The van der Waals surface area contributed by atoms with Crippen molar-refractivity contribution in [3.8, 4) is 0 Å². The van der Waals surface area contributed by atoms with E-state index in [1.54, 1.807) is 23.8 Å². The number of para-hydroxylation sites is 2. The number of amides is 2. The molecule has 0 spiro atoms. The number of aryl methyl sites for hydroxylation is 1. The van der Waals surface area contributed by atoms with Crippen molar-refractivity contribution in [3.63, 3.8) is 0 Å². The number of nitrogens with zero attached hydrogens (tertiary/aromatic N) is 3. The van der Waals surface area contributed by atoms with Crippen LogP contribution in [0.2, 0.25) is 0 Å². The van der Waals surface area contributed by atoms with E-state index in [-0.39, 0.29) is 23.5 Å². The first-order chi connectivity index (χ1) is 12.0. The lowest BCUT2D eigenvalue weighted by Gasteiger charge is -2.23. The molecule has 130 valence electrons. The fraction of sp³-hybridized carbons (Fsp3) is 0.421. The Morgan fingerprint density at radius 3 is 2.60 bits per heavy atom. The number of aromatic nitrogens is 1. The highest BCUT2D eigenvalue weighted by Crippen LogP contribution is 2.40. The van der Waals surface area contributed by atoms with Crippen molar-refractivity contribution in [1.29, 1.82) is 0 Å². The second kappa shape index (κ2) is 5.72. The summed E-state index contributed by atoms with van der Waals surface area (Å²) in [6.45, 7) is 3.96. The van der Waals surface area contributed by atoms with Gasteiger partial charge in [0.25, 0.3) is 5.91 Å². The predicted molar refractivity (Wildman–Crippen MR) is 93.9 cm³/mol. The monoisotopic (exact) mass is 339 g/mol. The summed E-state index contributed by atoms with van der Waals surface area (Å²) in [4.78, 5) is 33.4. The predicted octanol–water partition coefficient (Wildman–Crippen LogP) is 3.12. The van der Waals surface area contributed by atoms with E-state index in [1.807, 2.05) is 31.2 Å². The zero-order valence-corrected chi connectivity index (χ0v) is 14.7. The maximum Gasteiger partial charge on any atom is 0.296 e. The Balaban J connectivity index is 1.76. The van der Waals surface area contributed by atoms with E-state index in [2.05, 4.69) is 4.98 Å². The van der Waals surface area contributed by atoms with E-state index in [0.717, 1.165) is 24.2 Å². The van der Waals surface area contributed by atoms with Crippen LogP contribution in [0.1, 0.15) is 47.8 Å². The zero-order valence-electron chi connectivity index (χ0n) is 14.7. The molecule has 2 amide bonds. The van der Waals surface area contributed by atoms with Gasteiger partial charge in [-0.3, -0.25) is 9.59 Å². The molecule has 0 N–H and O–H groups in total. The van der Waals surface area contributed by atoms with Gasteiger partial charge in [-0.05, 0) is 31.9 Å². The van der Waals surface area contributed by atoms with Gasteiger partial charge in [0.1, 0.15) is 0 Å². The highest BCUT2D eigenvalue weighted by atomic mass is 16.4. The van der Waals surface area contributed by atoms with Gasteiger partial charge in [0, 0.05) is 19.5 Å². The first-order valence-corrected chi connectivity index (χ1v) is 8.63. The van der Waals surface area contributed by atoms with E-state index in [0.29, 0.717) is 24.0 Å². The largest absolute Gasteiger partial charge is 0.435 e. The minimum Gasteiger partial charge on any atom is -0.435 e. The van der Waals surface area contributed by atoms with Crippen LogP contribution in [0.4, 0.5) is 11.4 Å². The molecule has 2 heterocycles. The van der Waals surface area contributed by atoms with Crippen LogP contribution in [0, 0.1) is 12.8 Å².